The molecule has 0 aliphatic rings. The summed E-state index contributed by atoms with van der Waals surface area (Å²) in [6.45, 7) is 2.00. The van der Waals surface area contributed by atoms with Gasteiger partial charge in [-0.3, -0.25) is 0 Å². The van der Waals surface area contributed by atoms with E-state index in [0.29, 0.717) is 5.82 Å². The number of halogens is 3. The lowest BCUT2D eigenvalue weighted by atomic mass is 10.1. The first-order chi connectivity index (χ1) is 7.97. The van der Waals surface area contributed by atoms with E-state index in [1.165, 1.54) is 6.33 Å². The zero-order chi connectivity index (χ0) is 12.5. The maximum atomic E-state index is 5.72. The Bertz CT molecular complexity index is 520. The monoisotopic (exact) mass is 287 g/mol. The molecule has 2 rings (SSSR count). The highest BCUT2D eigenvalue weighted by Crippen LogP contribution is 2.35. The molecule has 3 nitrogen and oxygen atoms in total. The van der Waals surface area contributed by atoms with Crippen LogP contribution in [-0.2, 0) is 3.79 Å². The molecule has 17 heavy (non-hydrogen) atoms. The topological polar surface area (TPSA) is 38.7 Å². The van der Waals surface area contributed by atoms with E-state index in [9.17, 15) is 0 Å². The van der Waals surface area contributed by atoms with Crippen LogP contribution in [0.3, 0.4) is 0 Å². The van der Waals surface area contributed by atoms with Gasteiger partial charge in [0, 0.05) is 5.56 Å². The molecule has 0 amide bonds. The Morgan fingerprint density at radius 1 is 1.00 bits per heavy atom. The van der Waals surface area contributed by atoms with E-state index >= 15 is 0 Å². The van der Waals surface area contributed by atoms with E-state index in [0.717, 1.165) is 11.1 Å². The predicted molar refractivity (Wildman–Crippen MR) is 69.2 cm³/mol. The fourth-order valence-electron chi connectivity index (χ4n) is 1.27. The SMILES string of the molecule is Cc1ccc(-c2ncnc(C(Cl)(Cl)Cl)n2)cc1. The summed E-state index contributed by atoms with van der Waals surface area (Å²) in [6, 6.07) is 7.75. The number of nitrogens with zero attached hydrogens (tertiary/aromatic N) is 3. The molecule has 2 aromatic rings. The first-order valence-corrected chi connectivity index (χ1v) is 5.93. The predicted octanol–water partition coefficient (Wildman–Crippen LogP) is 3.67. The molecule has 1 aromatic carbocycles. The van der Waals surface area contributed by atoms with Gasteiger partial charge in [-0.2, -0.15) is 0 Å². The molecule has 88 valence electrons. The van der Waals surface area contributed by atoms with Crippen LogP contribution >= 0.6 is 34.8 Å². The maximum Gasteiger partial charge on any atom is 0.250 e. The quantitative estimate of drug-likeness (QED) is 0.752. The third kappa shape index (κ3) is 3.06. The van der Waals surface area contributed by atoms with Crippen LogP contribution in [0.25, 0.3) is 11.4 Å². The van der Waals surface area contributed by atoms with Crippen LogP contribution in [0.15, 0.2) is 30.6 Å². The van der Waals surface area contributed by atoms with Crippen LogP contribution in [0, 0.1) is 6.92 Å². The highest BCUT2D eigenvalue weighted by Gasteiger charge is 2.27. The molecule has 0 N–H and O–H groups in total. The van der Waals surface area contributed by atoms with Gasteiger partial charge in [0.2, 0.25) is 3.79 Å². The molecule has 0 aliphatic carbocycles. The van der Waals surface area contributed by atoms with Gasteiger partial charge in [-0.15, -0.1) is 0 Å². The van der Waals surface area contributed by atoms with Crippen LogP contribution in [0.5, 0.6) is 0 Å². The number of hydrogen-bond acceptors (Lipinski definition) is 3. The minimum absolute atomic E-state index is 0.119. The van der Waals surface area contributed by atoms with Crippen molar-refractivity contribution in [3.05, 3.63) is 42.0 Å². The Labute approximate surface area is 114 Å². The van der Waals surface area contributed by atoms with Gasteiger partial charge >= 0.3 is 0 Å². The minimum Gasteiger partial charge on any atom is -0.217 e. The summed E-state index contributed by atoms with van der Waals surface area (Å²) in [7, 11) is 0. The van der Waals surface area contributed by atoms with Crippen LogP contribution < -0.4 is 0 Å². The van der Waals surface area contributed by atoms with E-state index in [4.69, 9.17) is 34.8 Å². The number of aromatic nitrogens is 3. The van der Waals surface area contributed by atoms with Gasteiger partial charge < -0.3 is 0 Å². The van der Waals surface area contributed by atoms with Gasteiger partial charge in [0.25, 0.3) is 0 Å². The molecule has 0 saturated heterocycles. The summed E-state index contributed by atoms with van der Waals surface area (Å²) in [4.78, 5) is 12.0. The molecule has 0 bridgehead atoms. The Kier molecular flexibility index (Phi) is 3.52. The second-order valence-corrected chi connectivity index (χ2v) is 5.78. The molecule has 0 unspecified atom stereocenters. The molecule has 6 heteroatoms. The van der Waals surface area contributed by atoms with Crippen LogP contribution in [0.4, 0.5) is 0 Å². The maximum absolute atomic E-state index is 5.72. The van der Waals surface area contributed by atoms with Crippen molar-refractivity contribution < 1.29 is 0 Å². The normalized spacial score (nSPS) is 11.5. The summed E-state index contributed by atoms with van der Waals surface area (Å²) in [6.07, 6.45) is 1.33. The number of alkyl halides is 3. The number of hydrogen-bond donors (Lipinski definition) is 0. The van der Waals surface area contributed by atoms with Gasteiger partial charge in [0.1, 0.15) is 6.33 Å². The minimum atomic E-state index is -1.64. The van der Waals surface area contributed by atoms with Crippen molar-refractivity contribution in [2.45, 2.75) is 10.7 Å². The molecule has 0 aliphatic heterocycles. The van der Waals surface area contributed by atoms with Crippen molar-refractivity contribution in [1.29, 1.82) is 0 Å². The molecular weight excluding hydrogens is 281 g/mol. The fourth-order valence-corrected chi connectivity index (χ4v) is 1.55. The first-order valence-electron chi connectivity index (χ1n) is 4.80. The Morgan fingerprint density at radius 2 is 1.65 bits per heavy atom. The van der Waals surface area contributed by atoms with Crippen molar-refractivity contribution in [2.24, 2.45) is 0 Å². The summed E-state index contributed by atoms with van der Waals surface area (Å²) in [5, 5.41) is 0. The molecule has 0 spiro atoms. The van der Waals surface area contributed by atoms with Gasteiger partial charge in [-0.25, -0.2) is 15.0 Å². The zero-order valence-corrected chi connectivity index (χ0v) is 11.1. The van der Waals surface area contributed by atoms with Gasteiger partial charge in [0.15, 0.2) is 11.6 Å². The Balaban J connectivity index is 2.43. The van der Waals surface area contributed by atoms with Crippen molar-refractivity contribution in [3.63, 3.8) is 0 Å². The number of aryl methyl sites for hydroxylation is 1. The van der Waals surface area contributed by atoms with E-state index in [-0.39, 0.29) is 5.82 Å². The molecule has 1 aromatic heterocycles. The number of benzene rings is 1. The lowest BCUT2D eigenvalue weighted by Crippen LogP contribution is -2.08. The van der Waals surface area contributed by atoms with Crippen molar-refractivity contribution >= 4 is 34.8 Å². The highest BCUT2D eigenvalue weighted by atomic mass is 35.6. The third-order valence-electron chi connectivity index (χ3n) is 2.14. The zero-order valence-electron chi connectivity index (χ0n) is 8.86. The standard InChI is InChI=1S/C11H8Cl3N3/c1-7-2-4-8(5-3-7)9-15-6-16-10(17-9)11(12,13)14/h2-6H,1H3. The van der Waals surface area contributed by atoms with Gasteiger partial charge in [0.05, 0.1) is 0 Å². The molecule has 1 heterocycles. The van der Waals surface area contributed by atoms with Gasteiger partial charge in [-0.05, 0) is 6.92 Å². The molecule has 0 saturated carbocycles. The van der Waals surface area contributed by atoms with Gasteiger partial charge in [-0.1, -0.05) is 64.6 Å². The molecular formula is C11H8Cl3N3. The summed E-state index contributed by atoms with van der Waals surface area (Å²) < 4.78 is -1.64. The largest absolute Gasteiger partial charge is 0.250 e. The lowest BCUT2D eigenvalue weighted by molar-refractivity contribution is 0.924. The van der Waals surface area contributed by atoms with Crippen molar-refractivity contribution in [3.8, 4) is 11.4 Å². The first kappa shape index (κ1) is 12.6. The second kappa shape index (κ2) is 4.77. The summed E-state index contributed by atoms with van der Waals surface area (Å²) >= 11 is 17.2. The summed E-state index contributed by atoms with van der Waals surface area (Å²) in [5.41, 5.74) is 2.01. The lowest BCUT2D eigenvalue weighted by Gasteiger charge is -2.09. The van der Waals surface area contributed by atoms with E-state index in [1.807, 2.05) is 31.2 Å². The summed E-state index contributed by atoms with van der Waals surface area (Å²) in [5.74, 6) is 0.606. The fraction of sp³-hybridized carbons (Fsp3) is 0.182. The van der Waals surface area contributed by atoms with Crippen LogP contribution in [0.2, 0.25) is 0 Å². The van der Waals surface area contributed by atoms with E-state index in [1.54, 1.807) is 0 Å². The van der Waals surface area contributed by atoms with E-state index < -0.39 is 3.79 Å². The Morgan fingerprint density at radius 3 is 2.24 bits per heavy atom. The third-order valence-corrected chi connectivity index (χ3v) is 2.64. The average molecular weight is 289 g/mol. The molecule has 0 radical (unpaired) electrons. The smallest absolute Gasteiger partial charge is 0.217 e. The van der Waals surface area contributed by atoms with Crippen LogP contribution in [-0.4, -0.2) is 15.0 Å². The number of rotatable bonds is 1. The van der Waals surface area contributed by atoms with Crippen LogP contribution in [0.1, 0.15) is 11.4 Å². The molecule has 0 atom stereocenters. The second-order valence-electron chi connectivity index (χ2n) is 3.50. The average Bonchev–Trinajstić information content (AvgIpc) is 2.29. The van der Waals surface area contributed by atoms with Crippen molar-refractivity contribution in [1.82, 2.24) is 15.0 Å². The molecule has 0 fully saturated rings. The van der Waals surface area contributed by atoms with Crippen molar-refractivity contribution in [2.75, 3.05) is 0 Å². The Hall–Kier alpha value is -0.900. The highest BCUT2D eigenvalue weighted by molar-refractivity contribution is 6.66. The van der Waals surface area contributed by atoms with E-state index in [2.05, 4.69) is 15.0 Å².